The van der Waals surface area contributed by atoms with Crippen molar-refractivity contribution in [3.05, 3.63) is 59.0 Å². The Morgan fingerprint density at radius 2 is 1.90 bits per heavy atom. The summed E-state index contributed by atoms with van der Waals surface area (Å²) in [6.45, 7) is 4.38. The molecule has 1 aromatic heterocycles. The molecule has 1 saturated heterocycles. The van der Waals surface area contributed by atoms with Crippen LogP contribution in [0.2, 0.25) is 0 Å². The molecule has 1 aliphatic rings. The van der Waals surface area contributed by atoms with Crippen molar-refractivity contribution in [2.24, 2.45) is 5.73 Å². The fourth-order valence-corrected chi connectivity index (χ4v) is 6.23. The number of sulfonamides is 1. The molecule has 0 radical (unpaired) electrons. The third kappa shape index (κ3) is 4.31. The SMILES string of the molecule is CC(C)Oc1ccc(S(=O)(=O)N2CCO[C@H](c3c(C(N)=O)sc4ccccc34)C2)cc1. The molecule has 2 aromatic carbocycles. The summed E-state index contributed by atoms with van der Waals surface area (Å²) in [7, 11) is -3.73. The number of amides is 1. The van der Waals surface area contributed by atoms with Crippen LogP contribution in [0.3, 0.4) is 0 Å². The molecule has 7 nitrogen and oxygen atoms in total. The number of hydrogen-bond donors (Lipinski definition) is 1. The molecule has 0 saturated carbocycles. The number of thiophene rings is 1. The molecule has 2 heterocycles. The monoisotopic (exact) mass is 460 g/mol. The molecule has 9 heteroatoms. The summed E-state index contributed by atoms with van der Waals surface area (Å²) in [5, 5.41) is 0.862. The Morgan fingerprint density at radius 3 is 2.58 bits per heavy atom. The van der Waals surface area contributed by atoms with Crippen LogP contribution in [0.1, 0.15) is 35.2 Å². The summed E-state index contributed by atoms with van der Waals surface area (Å²) in [6, 6.07) is 14.0. The van der Waals surface area contributed by atoms with Gasteiger partial charge < -0.3 is 15.2 Å². The Kier molecular flexibility index (Phi) is 6.02. The minimum atomic E-state index is -3.73. The van der Waals surface area contributed by atoms with Crippen LogP contribution in [0.25, 0.3) is 10.1 Å². The van der Waals surface area contributed by atoms with Crippen LogP contribution < -0.4 is 10.5 Å². The summed E-state index contributed by atoms with van der Waals surface area (Å²) in [4.78, 5) is 12.7. The van der Waals surface area contributed by atoms with Crippen LogP contribution in [0.15, 0.2) is 53.4 Å². The average Bonchev–Trinajstić information content (AvgIpc) is 3.14. The summed E-state index contributed by atoms with van der Waals surface area (Å²) < 4.78 is 40.3. The first kappa shape index (κ1) is 21.8. The number of primary amides is 1. The van der Waals surface area contributed by atoms with E-state index in [-0.39, 0.29) is 30.7 Å². The van der Waals surface area contributed by atoms with Gasteiger partial charge in [0.1, 0.15) is 5.75 Å². The van der Waals surface area contributed by atoms with Gasteiger partial charge in [0.2, 0.25) is 10.0 Å². The number of nitrogens with zero attached hydrogens (tertiary/aromatic N) is 1. The van der Waals surface area contributed by atoms with Crippen molar-refractivity contribution in [1.82, 2.24) is 4.31 Å². The van der Waals surface area contributed by atoms with Gasteiger partial charge in [0, 0.05) is 23.4 Å². The predicted molar refractivity (Wildman–Crippen MR) is 120 cm³/mol. The highest BCUT2D eigenvalue weighted by molar-refractivity contribution is 7.89. The van der Waals surface area contributed by atoms with Gasteiger partial charge in [-0.3, -0.25) is 4.79 Å². The molecule has 0 spiro atoms. The summed E-state index contributed by atoms with van der Waals surface area (Å²) in [5.74, 6) is 0.0742. The van der Waals surface area contributed by atoms with Crippen molar-refractivity contribution >= 4 is 37.4 Å². The predicted octanol–water partition coefficient (Wildman–Crippen LogP) is 3.55. The lowest BCUT2D eigenvalue weighted by atomic mass is 10.0. The fourth-order valence-electron chi connectivity index (χ4n) is 3.70. The van der Waals surface area contributed by atoms with Crippen LogP contribution in [0.5, 0.6) is 5.75 Å². The number of rotatable bonds is 6. The second-order valence-electron chi connectivity index (χ2n) is 7.57. The second-order valence-corrected chi connectivity index (χ2v) is 10.6. The number of morpholine rings is 1. The van der Waals surface area contributed by atoms with Gasteiger partial charge in [-0.05, 0) is 49.6 Å². The lowest BCUT2D eigenvalue weighted by Gasteiger charge is -2.32. The molecule has 1 amide bonds. The van der Waals surface area contributed by atoms with Gasteiger partial charge in [-0.25, -0.2) is 8.42 Å². The van der Waals surface area contributed by atoms with Gasteiger partial charge in [-0.1, -0.05) is 18.2 Å². The molecule has 1 fully saturated rings. The topological polar surface area (TPSA) is 98.9 Å². The maximum Gasteiger partial charge on any atom is 0.259 e. The van der Waals surface area contributed by atoms with Crippen molar-refractivity contribution < 1.29 is 22.7 Å². The number of benzene rings is 2. The largest absolute Gasteiger partial charge is 0.491 e. The lowest BCUT2D eigenvalue weighted by Crippen LogP contribution is -2.42. The molecular formula is C22H24N2O5S2. The van der Waals surface area contributed by atoms with E-state index in [0.717, 1.165) is 10.1 Å². The van der Waals surface area contributed by atoms with E-state index >= 15 is 0 Å². The number of nitrogens with two attached hydrogens (primary N) is 1. The number of carbonyl (C=O) groups excluding carboxylic acids is 1. The Morgan fingerprint density at radius 1 is 1.19 bits per heavy atom. The van der Waals surface area contributed by atoms with E-state index in [1.807, 2.05) is 38.1 Å². The minimum absolute atomic E-state index is 0.00217. The molecule has 3 aromatic rings. The van der Waals surface area contributed by atoms with Crippen molar-refractivity contribution in [3.63, 3.8) is 0 Å². The van der Waals surface area contributed by atoms with Crippen molar-refractivity contribution in [2.45, 2.75) is 31.0 Å². The lowest BCUT2D eigenvalue weighted by molar-refractivity contribution is -0.00188. The second kappa shape index (κ2) is 8.58. The third-order valence-corrected chi connectivity index (χ3v) is 8.12. The summed E-state index contributed by atoms with van der Waals surface area (Å²) in [6.07, 6.45) is -0.576. The molecule has 1 aliphatic heterocycles. The van der Waals surface area contributed by atoms with Crippen LogP contribution in [0, 0.1) is 0 Å². The van der Waals surface area contributed by atoms with Crippen molar-refractivity contribution in [2.75, 3.05) is 19.7 Å². The molecule has 2 N–H and O–H groups in total. The van der Waals surface area contributed by atoms with Crippen LogP contribution in [-0.2, 0) is 14.8 Å². The van der Waals surface area contributed by atoms with Crippen molar-refractivity contribution in [3.8, 4) is 5.75 Å². The van der Waals surface area contributed by atoms with E-state index < -0.39 is 22.0 Å². The van der Waals surface area contributed by atoms with E-state index in [9.17, 15) is 13.2 Å². The summed E-state index contributed by atoms with van der Waals surface area (Å²) >= 11 is 1.30. The van der Waals surface area contributed by atoms with Gasteiger partial charge in [0.15, 0.2) is 0 Å². The summed E-state index contributed by atoms with van der Waals surface area (Å²) in [5.41, 5.74) is 6.28. The van der Waals surface area contributed by atoms with Crippen LogP contribution in [0.4, 0.5) is 0 Å². The zero-order valence-corrected chi connectivity index (χ0v) is 18.9. The maximum atomic E-state index is 13.3. The fraction of sp³-hybridized carbons (Fsp3) is 0.318. The normalized spacial score (nSPS) is 17.8. The Bertz CT molecular complexity index is 1200. The van der Waals surface area contributed by atoms with Crippen LogP contribution >= 0.6 is 11.3 Å². The quantitative estimate of drug-likeness (QED) is 0.607. The maximum absolute atomic E-state index is 13.3. The number of hydrogen-bond acceptors (Lipinski definition) is 6. The van der Waals surface area contributed by atoms with Gasteiger partial charge in [0.05, 0.1) is 28.6 Å². The van der Waals surface area contributed by atoms with Gasteiger partial charge in [-0.2, -0.15) is 4.31 Å². The van der Waals surface area contributed by atoms with E-state index in [1.54, 1.807) is 24.3 Å². The number of ether oxygens (including phenoxy) is 2. The highest BCUT2D eigenvalue weighted by Gasteiger charge is 2.34. The molecule has 1 atom stereocenters. The first-order chi connectivity index (χ1) is 14.8. The molecule has 4 rings (SSSR count). The van der Waals surface area contributed by atoms with Gasteiger partial charge in [0.25, 0.3) is 5.91 Å². The molecule has 0 unspecified atom stereocenters. The first-order valence-electron chi connectivity index (χ1n) is 9.97. The Balaban J connectivity index is 1.64. The zero-order valence-electron chi connectivity index (χ0n) is 17.3. The third-order valence-electron chi connectivity index (χ3n) is 5.04. The van der Waals surface area contributed by atoms with Gasteiger partial charge >= 0.3 is 0 Å². The highest BCUT2D eigenvalue weighted by Crippen LogP contribution is 2.38. The van der Waals surface area contributed by atoms with E-state index in [4.69, 9.17) is 15.2 Å². The average molecular weight is 461 g/mol. The van der Waals surface area contributed by atoms with Gasteiger partial charge in [-0.15, -0.1) is 11.3 Å². The highest BCUT2D eigenvalue weighted by atomic mass is 32.2. The molecule has 0 aliphatic carbocycles. The Labute approximate surface area is 185 Å². The number of fused-ring (bicyclic) bond motifs is 1. The van der Waals surface area contributed by atoms with E-state index in [1.165, 1.54) is 15.6 Å². The molecule has 31 heavy (non-hydrogen) atoms. The van der Waals surface area contributed by atoms with E-state index in [2.05, 4.69) is 0 Å². The van der Waals surface area contributed by atoms with Crippen LogP contribution in [-0.4, -0.2) is 44.4 Å². The molecular weight excluding hydrogens is 436 g/mol. The number of carbonyl (C=O) groups is 1. The van der Waals surface area contributed by atoms with E-state index in [0.29, 0.717) is 16.2 Å². The molecule has 0 bridgehead atoms. The zero-order chi connectivity index (χ0) is 22.2. The standard InChI is InChI=1S/C22H24N2O5S2/c1-14(2)29-15-7-9-16(10-8-15)31(26,27)24-11-12-28-18(13-24)20-17-5-3-4-6-19(17)30-21(20)22(23)25/h3-10,14,18H,11-13H2,1-2H3,(H2,23,25)/t18-/m0/s1. The smallest absolute Gasteiger partial charge is 0.259 e. The Hall–Kier alpha value is -2.46. The van der Waals surface area contributed by atoms with Crippen molar-refractivity contribution in [1.29, 1.82) is 0 Å². The molecule has 164 valence electrons. The first-order valence-corrected chi connectivity index (χ1v) is 12.2. The minimum Gasteiger partial charge on any atom is -0.491 e.